The maximum atomic E-state index is 12.9. The van der Waals surface area contributed by atoms with Crippen LogP contribution >= 0.6 is 0 Å². The summed E-state index contributed by atoms with van der Waals surface area (Å²) in [6.07, 6.45) is -1.77. The Morgan fingerprint density at radius 1 is 1.37 bits per heavy atom. The molecule has 0 fully saturated rings. The normalized spacial score (nSPS) is 13.6. The van der Waals surface area contributed by atoms with Gasteiger partial charge in [-0.3, -0.25) is 4.79 Å². The van der Waals surface area contributed by atoms with Gasteiger partial charge in [0.2, 0.25) is 5.91 Å². The van der Waals surface area contributed by atoms with Gasteiger partial charge < -0.3 is 15.5 Å². The summed E-state index contributed by atoms with van der Waals surface area (Å²) in [5.74, 6) is -2.90. The van der Waals surface area contributed by atoms with Gasteiger partial charge in [0.1, 0.15) is 12.5 Å². The molecule has 1 aromatic rings. The Labute approximate surface area is 107 Å². The lowest BCUT2D eigenvalue weighted by Gasteiger charge is -2.14. The number of aliphatic carboxylic acids is 1. The van der Waals surface area contributed by atoms with Crippen molar-refractivity contribution in [2.24, 2.45) is 0 Å². The predicted octanol–water partition coefficient (Wildman–Crippen LogP) is 0.788. The lowest BCUT2D eigenvalue weighted by atomic mass is 10.1. The largest absolute Gasteiger partial charge is 0.480 e. The second-order valence-corrected chi connectivity index (χ2v) is 3.89. The first-order chi connectivity index (χ1) is 8.93. The highest BCUT2D eigenvalue weighted by molar-refractivity contribution is 5.83. The van der Waals surface area contributed by atoms with Gasteiger partial charge >= 0.3 is 5.97 Å². The van der Waals surface area contributed by atoms with Crippen molar-refractivity contribution in [2.75, 3.05) is 6.67 Å². The average Bonchev–Trinajstić information content (AvgIpc) is 2.35. The SMILES string of the molecule is O=C(CC(O)c1cccc(F)c1)NC(CF)C(=O)O. The van der Waals surface area contributed by atoms with Crippen molar-refractivity contribution in [1.29, 1.82) is 0 Å². The molecular formula is C12H13F2NO4. The number of carbonyl (C=O) groups excluding carboxylic acids is 1. The Hall–Kier alpha value is -2.02. The first kappa shape index (κ1) is 15.0. The van der Waals surface area contributed by atoms with Crippen LogP contribution in [0.15, 0.2) is 24.3 Å². The van der Waals surface area contributed by atoms with E-state index in [1.165, 1.54) is 18.2 Å². The summed E-state index contributed by atoms with van der Waals surface area (Å²) in [7, 11) is 0. The second kappa shape index (κ2) is 6.79. The van der Waals surface area contributed by atoms with E-state index < -0.39 is 42.9 Å². The summed E-state index contributed by atoms with van der Waals surface area (Å²) in [5.41, 5.74) is 0.183. The maximum Gasteiger partial charge on any atom is 0.328 e. The van der Waals surface area contributed by atoms with E-state index in [0.29, 0.717) is 0 Å². The highest BCUT2D eigenvalue weighted by Gasteiger charge is 2.21. The van der Waals surface area contributed by atoms with Gasteiger partial charge in [-0.15, -0.1) is 0 Å². The molecular weight excluding hydrogens is 260 g/mol. The maximum absolute atomic E-state index is 12.9. The number of aliphatic hydroxyl groups excluding tert-OH is 1. The van der Waals surface area contributed by atoms with E-state index in [1.807, 2.05) is 5.32 Å². The molecule has 0 saturated carbocycles. The van der Waals surface area contributed by atoms with Gasteiger partial charge in [0.05, 0.1) is 12.5 Å². The Bertz CT molecular complexity index is 467. The Morgan fingerprint density at radius 2 is 2.05 bits per heavy atom. The van der Waals surface area contributed by atoms with E-state index in [9.17, 15) is 23.5 Å². The van der Waals surface area contributed by atoms with Crippen LogP contribution in [0.5, 0.6) is 0 Å². The lowest BCUT2D eigenvalue weighted by Crippen LogP contribution is -2.42. The molecule has 0 bridgehead atoms. The van der Waals surface area contributed by atoms with Crippen molar-refractivity contribution in [2.45, 2.75) is 18.6 Å². The fourth-order valence-electron chi connectivity index (χ4n) is 1.43. The molecule has 104 valence electrons. The molecule has 0 spiro atoms. The first-order valence-electron chi connectivity index (χ1n) is 5.45. The van der Waals surface area contributed by atoms with Gasteiger partial charge in [0.15, 0.2) is 6.04 Å². The number of hydrogen-bond acceptors (Lipinski definition) is 3. The van der Waals surface area contributed by atoms with E-state index >= 15 is 0 Å². The van der Waals surface area contributed by atoms with Gasteiger partial charge in [-0.1, -0.05) is 12.1 Å². The van der Waals surface area contributed by atoms with Crippen LogP contribution < -0.4 is 5.32 Å². The van der Waals surface area contributed by atoms with Crippen molar-refractivity contribution in [3.8, 4) is 0 Å². The molecule has 1 amide bonds. The third kappa shape index (κ3) is 4.63. The molecule has 5 nitrogen and oxygen atoms in total. The number of amides is 1. The molecule has 1 aromatic carbocycles. The van der Waals surface area contributed by atoms with Crippen molar-refractivity contribution in [3.63, 3.8) is 0 Å². The summed E-state index contributed by atoms with van der Waals surface area (Å²) in [6, 6.07) is 3.38. The minimum atomic E-state index is -1.65. The molecule has 0 aliphatic heterocycles. The van der Waals surface area contributed by atoms with E-state index in [0.717, 1.165) is 6.07 Å². The number of carbonyl (C=O) groups is 2. The molecule has 7 heteroatoms. The molecule has 0 aromatic heterocycles. The van der Waals surface area contributed by atoms with Crippen LogP contribution in [0.3, 0.4) is 0 Å². The Kier molecular flexibility index (Phi) is 5.37. The standard InChI is InChI=1S/C12H13F2NO4/c13-6-9(12(18)19)15-11(17)5-10(16)7-2-1-3-8(14)4-7/h1-4,9-10,16H,5-6H2,(H,15,17)(H,18,19). The van der Waals surface area contributed by atoms with Crippen LogP contribution in [0.4, 0.5) is 8.78 Å². The summed E-state index contributed by atoms with van der Waals surface area (Å²) >= 11 is 0. The van der Waals surface area contributed by atoms with Crippen LogP contribution in [-0.2, 0) is 9.59 Å². The van der Waals surface area contributed by atoms with Gasteiger partial charge in [-0.05, 0) is 17.7 Å². The molecule has 0 aliphatic rings. The first-order valence-corrected chi connectivity index (χ1v) is 5.45. The summed E-state index contributed by atoms with van der Waals surface area (Å²) in [5, 5.41) is 20.1. The van der Waals surface area contributed by atoms with Crippen LogP contribution in [-0.4, -0.2) is 34.8 Å². The number of hydrogen-bond donors (Lipinski definition) is 3. The average molecular weight is 273 g/mol. The number of alkyl halides is 1. The number of carboxylic acids is 1. The van der Waals surface area contributed by atoms with Crippen LogP contribution in [0.25, 0.3) is 0 Å². The number of halogens is 2. The fourth-order valence-corrected chi connectivity index (χ4v) is 1.43. The lowest BCUT2D eigenvalue weighted by molar-refractivity contribution is -0.142. The second-order valence-electron chi connectivity index (χ2n) is 3.89. The third-order valence-corrected chi connectivity index (χ3v) is 2.40. The van der Waals surface area contributed by atoms with Crippen LogP contribution in [0.1, 0.15) is 18.1 Å². The quantitative estimate of drug-likeness (QED) is 0.715. The molecule has 0 aliphatic carbocycles. The van der Waals surface area contributed by atoms with Crippen LogP contribution in [0.2, 0.25) is 0 Å². The fraction of sp³-hybridized carbons (Fsp3) is 0.333. The van der Waals surface area contributed by atoms with E-state index in [-0.39, 0.29) is 5.56 Å². The monoisotopic (exact) mass is 273 g/mol. The molecule has 2 unspecified atom stereocenters. The van der Waals surface area contributed by atoms with E-state index in [1.54, 1.807) is 0 Å². The van der Waals surface area contributed by atoms with Gasteiger partial charge in [0, 0.05) is 0 Å². The Balaban J connectivity index is 2.59. The van der Waals surface area contributed by atoms with E-state index in [2.05, 4.69) is 0 Å². The van der Waals surface area contributed by atoms with Gasteiger partial charge in [-0.2, -0.15) is 0 Å². The molecule has 3 N–H and O–H groups in total. The number of benzene rings is 1. The molecule has 0 radical (unpaired) electrons. The zero-order valence-electron chi connectivity index (χ0n) is 9.85. The van der Waals surface area contributed by atoms with Crippen molar-refractivity contribution < 1.29 is 28.6 Å². The summed E-state index contributed by atoms with van der Waals surface area (Å²) in [4.78, 5) is 21.9. The zero-order chi connectivity index (χ0) is 14.4. The Morgan fingerprint density at radius 3 is 2.58 bits per heavy atom. The zero-order valence-corrected chi connectivity index (χ0v) is 9.85. The van der Waals surface area contributed by atoms with Crippen molar-refractivity contribution >= 4 is 11.9 Å². The molecule has 19 heavy (non-hydrogen) atoms. The van der Waals surface area contributed by atoms with E-state index in [4.69, 9.17) is 5.11 Å². The number of aliphatic hydroxyl groups is 1. The molecule has 2 atom stereocenters. The van der Waals surface area contributed by atoms with Gasteiger partial charge in [-0.25, -0.2) is 13.6 Å². The third-order valence-electron chi connectivity index (χ3n) is 2.40. The van der Waals surface area contributed by atoms with Crippen LogP contribution in [0, 0.1) is 5.82 Å². The molecule has 1 rings (SSSR count). The highest BCUT2D eigenvalue weighted by atomic mass is 19.1. The minimum Gasteiger partial charge on any atom is -0.480 e. The number of rotatable bonds is 6. The number of nitrogens with one attached hydrogen (secondary N) is 1. The molecule has 0 saturated heterocycles. The topological polar surface area (TPSA) is 86.6 Å². The highest BCUT2D eigenvalue weighted by Crippen LogP contribution is 2.17. The smallest absolute Gasteiger partial charge is 0.328 e. The molecule has 0 heterocycles. The van der Waals surface area contributed by atoms with Crippen molar-refractivity contribution in [3.05, 3.63) is 35.6 Å². The minimum absolute atomic E-state index is 0.183. The van der Waals surface area contributed by atoms with Crippen molar-refractivity contribution in [1.82, 2.24) is 5.32 Å². The summed E-state index contributed by atoms with van der Waals surface area (Å²) < 4.78 is 25.2. The summed E-state index contributed by atoms with van der Waals surface area (Å²) in [6.45, 7) is -1.25. The predicted molar refractivity (Wildman–Crippen MR) is 61.5 cm³/mol. The van der Waals surface area contributed by atoms with Gasteiger partial charge in [0.25, 0.3) is 0 Å². The number of carboxylic acid groups (broad SMARTS) is 1.